The number of nitrogens with zero attached hydrogens (tertiary/aromatic N) is 1. The van der Waals surface area contributed by atoms with Gasteiger partial charge in [-0.1, -0.05) is 54.6 Å². The third-order valence-electron chi connectivity index (χ3n) is 4.20. The van der Waals surface area contributed by atoms with E-state index in [-0.39, 0.29) is 5.91 Å². The Morgan fingerprint density at radius 2 is 1.69 bits per heavy atom. The van der Waals surface area contributed by atoms with Crippen LogP contribution in [0.4, 0.5) is 5.69 Å². The summed E-state index contributed by atoms with van der Waals surface area (Å²) in [5.41, 5.74) is 5.11. The second-order valence-electron chi connectivity index (χ2n) is 6.20. The summed E-state index contributed by atoms with van der Waals surface area (Å²) in [6, 6.07) is 24.2. The summed E-state index contributed by atoms with van der Waals surface area (Å²) in [5.74, 6) is -0.0157. The summed E-state index contributed by atoms with van der Waals surface area (Å²) in [6.07, 6.45) is 0.356. The molecule has 3 nitrogen and oxygen atoms in total. The molecule has 0 atom stereocenters. The molecule has 0 aliphatic rings. The van der Waals surface area contributed by atoms with Crippen LogP contribution in [0.15, 0.2) is 72.8 Å². The molecule has 4 aromatic rings. The van der Waals surface area contributed by atoms with E-state index in [0.29, 0.717) is 6.42 Å². The second-order valence-corrected chi connectivity index (χ2v) is 7.44. The van der Waals surface area contributed by atoms with Crippen molar-refractivity contribution in [2.45, 2.75) is 13.3 Å². The highest BCUT2D eigenvalue weighted by atomic mass is 32.1. The lowest BCUT2D eigenvalue weighted by molar-refractivity contribution is -0.115. The molecule has 1 amide bonds. The molecule has 0 saturated carbocycles. The number of carbonyl (C=O) groups excluding carboxylic acids is 1. The molecule has 0 aliphatic heterocycles. The van der Waals surface area contributed by atoms with Gasteiger partial charge in [0.05, 0.1) is 21.6 Å². The smallest absolute Gasteiger partial charge is 0.228 e. The molecule has 1 aromatic heterocycles. The Bertz CT molecular complexity index is 1050. The van der Waals surface area contributed by atoms with Crippen LogP contribution in [0.25, 0.3) is 21.3 Å². The lowest BCUT2D eigenvalue weighted by Crippen LogP contribution is -2.14. The van der Waals surface area contributed by atoms with Crippen LogP contribution in [0.2, 0.25) is 0 Å². The Kier molecular flexibility index (Phi) is 4.50. The van der Waals surface area contributed by atoms with Gasteiger partial charge in [0.2, 0.25) is 5.91 Å². The van der Waals surface area contributed by atoms with E-state index in [1.807, 2.05) is 55.5 Å². The maximum Gasteiger partial charge on any atom is 0.228 e. The molecular weight excluding hydrogens is 340 g/mol. The van der Waals surface area contributed by atoms with Crippen LogP contribution in [0.3, 0.4) is 0 Å². The Hall–Kier alpha value is -2.98. The number of anilines is 1. The van der Waals surface area contributed by atoms with Crippen LogP contribution < -0.4 is 5.32 Å². The van der Waals surface area contributed by atoms with Crippen LogP contribution in [0.5, 0.6) is 0 Å². The number of nitrogens with one attached hydrogen (secondary N) is 1. The number of benzene rings is 3. The number of amides is 1. The average Bonchev–Trinajstić information content (AvgIpc) is 3.02. The van der Waals surface area contributed by atoms with Crippen molar-refractivity contribution in [2.24, 2.45) is 0 Å². The number of carbonyl (C=O) groups is 1. The first kappa shape index (κ1) is 16.5. The fourth-order valence-electron chi connectivity index (χ4n) is 2.95. The van der Waals surface area contributed by atoms with Gasteiger partial charge in [0.1, 0.15) is 0 Å². The summed E-state index contributed by atoms with van der Waals surface area (Å²) in [5, 5.41) is 4.01. The van der Waals surface area contributed by atoms with Crippen molar-refractivity contribution in [2.75, 3.05) is 5.32 Å². The largest absolute Gasteiger partial charge is 0.326 e. The molecule has 0 bridgehead atoms. The van der Waals surface area contributed by atoms with Gasteiger partial charge in [0, 0.05) is 5.69 Å². The standard InChI is InChI=1S/C22H18N2OS/c1-15-23-20-12-11-19(14-21(20)26-15)24-22(25)13-16-7-9-18(10-8-16)17-5-3-2-4-6-17/h2-12,14H,13H2,1H3,(H,24,25). The number of rotatable bonds is 4. The number of fused-ring (bicyclic) bond motifs is 1. The summed E-state index contributed by atoms with van der Waals surface area (Å²) in [6.45, 7) is 1.99. The monoisotopic (exact) mass is 358 g/mol. The molecule has 0 spiro atoms. The third kappa shape index (κ3) is 3.65. The van der Waals surface area contributed by atoms with Gasteiger partial charge in [-0.15, -0.1) is 11.3 Å². The van der Waals surface area contributed by atoms with Gasteiger partial charge < -0.3 is 5.32 Å². The highest BCUT2D eigenvalue weighted by molar-refractivity contribution is 7.18. The van der Waals surface area contributed by atoms with Crippen molar-refractivity contribution in [1.82, 2.24) is 4.98 Å². The minimum absolute atomic E-state index is 0.0157. The van der Waals surface area contributed by atoms with Gasteiger partial charge >= 0.3 is 0 Å². The molecule has 0 radical (unpaired) electrons. The molecular formula is C22H18N2OS. The number of aromatic nitrogens is 1. The molecule has 4 heteroatoms. The summed E-state index contributed by atoms with van der Waals surface area (Å²) in [4.78, 5) is 16.8. The summed E-state index contributed by atoms with van der Waals surface area (Å²) < 4.78 is 1.09. The molecule has 4 rings (SSSR count). The topological polar surface area (TPSA) is 42.0 Å². The lowest BCUT2D eigenvalue weighted by atomic mass is 10.0. The minimum atomic E-state index is -0.0157. The predicted octanol–water partition coefficient (Wildman–Crippen LogP) is 5.45. The molecule has 1 heterocycles. The van der Waals surface area contributed by atoms with E-state index in [4.69, 9.17) is 0 Å². The highest BCUT2D eigenvalue weighted by Crippen LogP contribution is 2.25. The number of thiazole rings is 1. The van der Waals surface area contributed by atoms with E-state index >= 15 is 0 Å². The van der Waals surface area contributed by atoms with Crippen LogP contribution in [0, 0.1) is 6.92 Å². The zero-order valence-electron chi connectivity index (χ0n) is 14.4. The van der Waals surface area contributed by atoms with Gasteiger partial charge in [-0.05, 0) is 41.8 Å². The van der Waals surface area contributed by atoms with Crippen molar-refractivity contribution < 1.29 is 4.79 Å². The molecule has 26 heavy (non-hydrogen) atoms. The van der Waals surface area contributed by atoms with Crippen molar-refractivity contribution in [3.05, 3.63) is 83.4 Å². The van der Waals surface area contributed by atoms with Crippen LogP contribution >= 0.6 is 11.3 Å². The molecule has 0 fully saturated rings. The Morgan fingerprint density at radius 3 is 2.46 bits per heavy atom. The van der Waals surface area contributed by atoms with E-state index < -0.39 is 0 Å². The number of aryl methyl sites for hydroxylation is 1. The number of hydrogen-bond acceptors (Lipinski definition) is 3. The lowest BCUT2D eigenvalue weighted by Gasteiger charge is -2.07. The quantitative estimate of drug-likeness (QED) is 0.527. The molecule has 3 aromatic carbocycles. The molecule has 0 saturated heterocycles. The van der Waals surface area contributed by atoms with E-state index in [2.05, 4.69) is 34.6 Å². The van der Waals surface area contributed by atoms with Crippen molar-refractivity contribution in [3.63, 3.8) is 0 Å². The van der Waals surface area contributed by atoms with Crippen molar-refractivity contribution in [3.8, 4) is 11.1 Å². The molecule has 0 aliphatic carbocycles. The molecule has 128 valence electrons. The summed E-state index contributed by atoms with van der Waals surface area (Å²) >= 11 is 1.63. The summed E-state index contributed by atoms with van der Waals surface area (Å²) in [7, 11) is 0. The maximum absolute atomic E-state index is 12.4. The Balaban J connectivity index is 1.43. The van der Waals surface area contributed by atoms with Gasteiger partial charge in [-0.2, -0.15) is 0 Å². The SMILES string of the molecule is Cc1nc2ccc(NC(=O)Cc3ccc(-c4ccccc4)cc3)cc2s1. The van der Waals surface area contributed by atoms with Crippen LogP contribution in [-0.2, 0) is 11.2 Å². The first-order valence-corrected chi connectivity index (χ1v) is 9.30. The van der Waals surface area contributed by atoms with Crippen molar-refractivity contribution in [1.29, 1.82) is 0 Å². The fraction of sp³-hybridized carbons (Fsp3) is 0.0909. The zero-order valence-corrected chi connectivity index (χ0v) is 15.2. The first-order valence-electron chi connectivity index (χ1n) is 8.49. The van der Waals surface area contributed by atoms with Gasteiger partial charge in [0.15, 0.2) is 0 Å². The Morgan fingerprint density at radius 1 is 0.962 bits per heavy atom. The van der Waals surface area contributed by atoms with E-state index in [1.54, 1.807) is 11.3 Å². The maximum atomic E-state index is 12.4. The fourth-order valence-corrected chi connectivity index (χ4v) is 3.82. The van der Waals surface area contributed by atoms with Gasteiger partial charge in [-0.3, -0.25) is 4.79 Å². The highest BCUT2D eigenvalue weighted by Gasteiger charge is 2.07. The van der Waals surface area contributed by atoms with E-state index in [0.717, 1.165) is 32.0 Å². The van der Waals surface area contributed by atoms with Crippen molar-refractivity contribution >= 4 is 33.1 Å². The average molecular weight is 358 g/mol. The molecule has 1 N–H and O–H groups in total. The van der Waals surface area contributed by atoms with Crippen LogP contribution in [-0.4, -0.2) is 10.9 Å². The number of hydrogen-bond donors (Lipinski definition) is 1. The molecule has 0 unspecified atom stereocenters. The second kappa shape index (κ2) is 7.10. The minimum Gasteiger partial charge on any atom is -0.326 e. The Labute approximate surface area is 156 Å². The van der Waals surface area contributed by atoms with Gasteiger partial charge in [-0.25, -0.2) is 4.98 Å². The van der Waals surface area contributed by atoms with Gasteiger partial charge in [0.25, 0.3) is 0 Å². The normalized spacial score (nSPS) is 10.8. The first-order chi connectivity index (χ1) is 12.7. The van der Waals surface area contributed by atoms with E-state index in [9.17, 15) is 4.79 Å². The van der Waals surface area contributed by atoms with Crippen LogP contribution in [0.1, 0.15) is 10.6 Å². The zero-order chi connectivity index (χ0) is 17.9. The van der Waals surface area contributed by atoms with E-state index in [1.165, 1.54) is 5.56 Å². The third-order valence-corrected chi connectivity index (χ3v) is 5.14. The predicted molar refractivity (Wildman–Crippen MR) is 109 cm³/mol.